The van der Waals surface area contributed by atoms with Crippen molar-refractivity contribution in [3.8, 4) is 5.75 Å². The number of hydrogen-bond donors (Lipinski definition) is 2. The smallest absolute Gasteiger partial charge is 0.193 e. The number of nitrogens with one attached hydrogen (secondary N) is 1. The lowest BCUT2D eigenvalue weighted by Gasteiger charge is -2.29. The van der Waals surface area contributed by atoms with E-state index in [9.17, 15) is 0 Å². The number of methoxy groups -OCH3 is 1. The Hall–Kier alpha value is -2.53. The van der Waals surface area contributed by atoms with E-state index in [-0.39, 0.29) is 6.04 Å². The van der Waals surface area contributed by atoms with Crippen molar-refractivity contribution in [3.63, 3.8) is 0 Å². The van der Waals surface area contributed by atoms with Crippen LogP contribution < -0.4 is 15.8 Å². The lowest BCUT2D eigenvalue weighted by Crippen LogP contribution is -2.32. The zero-order valence-electron chi connectivity index (χ0n) is 16.2. The number of anilines is 1. The Morgan fingerprint density at radius 3 is 2.46 bits per heavy atom. The second-order valence-electron chi connectivity index (χ2n) is 6.23. The number of nitrogens with zero attached hydrogens (tertiary/aromatic N) is 2. The molecule has 1 unspecified atom stereocenters. The second-order valence-corrected chi connectivity index (χ2v) is 6.23. The Bertz CT molecular complexity index is 708. The fourth-order valence-electron chi connectivity index (χ4n) is 2.95. The van der Waals surface area contributed by atoms with Gasteiger partial charge in [0.2, 0.25) is 0 Å². The molecule has 0 spiro atoms. The third kappa shape index (κ3) is 5.49. The molecule has 0 saturated carbocycles. The van der Waals surface area contributed by atoms with Gasteiger partial charge in [-0.2, -0.15) is 0 Å². The summed E-state index contributed by atoms with van der Waals surface area (Å²) in [5.41, 5.74) is 9.44. The molecule has 0 bridgehead atoms. The summed E-state index contributed by atoms with van der Waals surface area (Å²) in [7, 11) is 1.69. The van der Waals surface area contributed by atoms with E-state index in [2.05, 4.69) is 48.1 Å². The van der Waals surface area contributed by atoms with Crippen molar-refractivity contribution in [1.82, 2.24) is 4.90 Å². The highest BCUT2D eigenvalue weighted by molar-refractivity contribution is 5.92. The van der Waals surface area contributed by atoms with Gasteiger partial charge < -0.3 is 15.8 Å². The van der Waals surface area contributed by atoms with Gasteiger partial charge in [0.25, 0.3) is 0 Å². The predicted octanol–water partition coefficient (Wildman–Crippen LogP) is 3.81. The number of rotatable bonds is 8. The minimum Gasteiger partial charge on any atom is -0.497 e. The first-order chi connectivity index (χ1) is 12.6. The predicted molar refractivity (Wildman–Crippen MR) is 110 cm³/mol. The maximum Gasteiger partial charge on any atom is 0.193 e. The molecule has 0 aliphatic rings. The van der Waals surface area contributed by atoms with Crippen LogP contribution in [0.2, 0.25) is 0 Å². The van der Waals surface area contributed by atoms with Crippen LogP contribution in [0.4, 0.5) is 5.69 Å². The van der Waals surface area contributed by atoms with Crippen molar-refractivity contribution in [3.05, 3.63) is 59.7 Å². The molecule has 0 saturated heterocycles. The van der Waals surface area contributed by atoms with Crippen molar-refractivity contribution < 1.29 is 4.74 Å². The molecule has 5 nitrogen and oxygen atoms in total. The molecule has 5 heteroatoms. The van der Waals surface area contributed by atoms with E-state index < -0.39 is 0 Å². The second kappa shape index (κ2) is 9.82. The highest BCUT2D eigenvalue weighted by Crippen LogP contribution is 2.24. The third-order valence-corrected chi connectivity index (χ3v) is 4.49. The summed E-state index contributed by atoms with van der Waals surface area (Å²) in [4.78, 5) is 6.96. The maximum absolute atomic E-state index is 6.10. The molecule has 2 aromatic carbocycles. The van der Waals surface area contributed by atoms with Crippen LogP contribution in [0.1, 0.15) is 31.0 Å². The van der Waals surface area contributed by atoms with Crippen LogP contribution in [0.15, 0.2) is 53.5 Å². The molecule has 0 aliphatic carbocycles. The van der Waals surface area contributed by atoms with Crippen LogP contribution in [-0.2, 0) is 0 Å². The zero-order chi connectivity index (χ0) is 18.9. The largest absolute Gasteiger partial charge is 0.497 e. The fraction of sp³-hybridized carbons (Fsp3) is 0.381. The van der Waals surface area contributed by atoms with Crippen LogP contribution in [0.5, 0.6) is 5.75 Å². The first kappa shape index (κ1) is 19.8. The molecule has 0 amide bonds. The van der Waals surface area contributed by atoms with Gasteiger partial charge in [-0.05, 0) is 49.8 Å². The standard InChI is InChI=1S/C21H30N4O/c1-5-25(6-2)20(17-8-7-9-19(14-17)26-4)15-23-21(22)24-18-12-10-16(3)11-13-18/h7-14,20H,5-6,15H2,1-4H3,(H3,22,23,24). The Kier molecular flexibility index (Phi) is 7.48. The molecule has 0 aliphatic heterocycles. The number of nitrogens with two attached hydrogens (primary N) is 1. The molecule has 3 N–H and O–H groups in total. The molecular weight excluding hydrogens is 324 g/mol. The van der Waals surface area contributed by atoms with Gasteiger partial charge in [0, 0.05) is 5.69 Å². The molecule has 1 atom stereocenters. The SMILES string of the molecule is CCN(CC)C(CN=C(N)Nc1ccc(C)cc1)c1cccc(OC)c1. The Morgan fingerprint density at radius 2 is 1.85 bits per heavy atom. The summed E-state index contributed by atoms with van der Waals surface area (Å²) >= 11 is 0. The van der Waals surface area contributed by atoms with E-state index in [1.54, 1.807) is 7.11 Å². The van der Waals surface area contributed by atoms with Crippen molar-refractivity contribution in [2.75, 3.05) is 32.1 Å². The van der Waals surface area contributed by atoms with Crippen molar-refractivity contribution in [2.24, 2.45) is 10.7 Å². The van der Waals surface area contributed by atoms with E-state index in [0.29, 0.717) is 12.5 Å². The monoisotopic (exact) mass is 354 g/mol. The van der Waals surface area contributed by atoms with Gasteiger partial charge in [-0.15, -0.1) is 0 Å². The zero-order valence-corrected chi connectivity index (χ0v) is 16.2. The van der Waals surface area contributed by atoms with Crippen LogP contribution in [-0.4, -0.2) is 37.6 Å². The number of benzene rings is 2. The first-order valence-electron chi connectivity index (χ1n) is 9.09. The normalized spacial score (nSPS) is 12.9. The van der Waals surface area contributed by atoms with Crippen LogP contribution in [0.25, 0.3) is 0 Å². The van der Waals surface area contributed by atoms with E-state index in [4.69, 9.17) is 10.5 Å². The molecule has 2 rings (SSSR count). The summed E-state index contributed by atoms with van der Waals surface area (Å²) in [5, 5.41) is 3.16. The molecule has 26 heavy (non-hydrogen) atoms. The first-order valence-corrected chi connectivity index (χ1v) is 9.09. The van der Waals surface area contributed by atoms with Gasteiger partial charge in [0.05, 0.1) is 19.7 Å². The Labute approximate surface area is 156 Å². The number of ether oxygens (including phenoxy) is 1. The Balaban J connectivity index is 2.16. The minimum absolute atomic E-state index is 0.151. The molecule has 0 heterocycles. The van der Waals surface area contributed by atoms with Crippen LogP contribution in [0.3, 0.4) is 0 Å². The van der Waals surface area contributed by atoms with Gasteiger partial charge in [-0.25, -0.2) is 0 Å². The molecular formula is C21H30N4O. The van der Waals surface area contributed by atoms with Crippen molar-refractivity contribution >= 4 is 11.6 Å². The molecule has 2 aromatic rings. The van der Waals surface area contributed by atoms with Gasteiger partial charge in [0.15, 0.2) is 5.96 Å². The van der Waals surface area contributed by atoms with Crippen molar-refractivity contribution in [2.45, 2.75) is 26.8 Å². The topological polar surface area (TPSA) is 62.9 Å². The van der Waals surface area contributed by atoms with Gasteiger partial charge in [-0.1, -0.05) is 43.7 Å². The highest BCUT2D eigenvalue weighted by Gasteiger charge is 2.18. The quantitative estimate of drug-likeness (QED) is 0.559. The number of aryl methyl sites for hydroxylation is 1. The average Bonchev–Trinajstić information content (AvgIpc) is 2.67. The number of aliphatic imine (C=N–C) groups is 1. The molecule has 0 radical (unpaired) electrons. The summed E-state index contributed by atoms with van der Waals surface area (Å²) in [5.74, 6) is 1.28. The number of guanidine groups is 1. The van der Waals surface area contributed by atoms with E-state index in [1.165, 1.54) is 11.1 Å². The summed E-state index contributed by atoms with van der Waals surface area (Å²) in [6, 6.07) is 16.4. The van der Waals surface area contributed by atoms with E-state index in [1.807, 2.05) is 36.4 Å². The third-order valence-electron chi connectivity index (χ3n) is 4.49. The molecule has 140 valence electrons. The number of likely N-dealkylation sites (N-methyl/N-ethyl adjacent to an activating group) is 1. The summed E-state index contributed by atoms with van der Waals surface area (Å²) in [6.07, 6.45) is 0. The van der Waals surface area contributed by atoms with Crippen LogP contribution in [0, 0.1) is 6.92 Å². The number of hydrogen-bond acceptors (Lipinski definition) is 3. The average molecular weight is 354 g/mol. The fourth-order valence-corrected chi connectivity index (χ4v) is 2.95. The lowest BCUT2D eigenvalue weighted by atomic mass is 10.0. The molecule has 0 fully saturated rings. The van der Waals surface area contributed by atoms with Crippen molar-refractivity contribution in [1.29, 1.82) is 0 Å². The lowest BCUT2D eigenvalue weighted by molar-refractivity contribution is 0.224. The van der Waals surface area contributed by atoms with E-state index >= 15 is 0 Å². The highest BCUT2D eigenvalue weighted by atomic mass is 16.5. The van der Waals surface area contributed by atoms with Gasteiger partial charge in [0.1, 0.15) is 5.75 Å². The molecule has 0 aromatic heterocycles. The Morgan fingerprint density at radius 1 is 1.15 bits per heavy atom. The van der Waals surface area contributed by atoms with Crippen LogP contribution >= 0.6 is 0 Å². The van der Waals surface area contributed by atoms with Gasteiger partial charge in [-0.3, -0.25) is 9.89 Å². The maximum atomic E-state index is 6.10. The minimum atomic E-state index is 0.151. The summed E-state index contributed by atoms with van der Waals surface area (Å²) in [6.45, 7) is 8.85. The van der Waals surface area contributed by atoms with E-state index in [0.717, 1.165) is 24.5 Å². The van der Waals surface area contributed by atoms with Gasteiger partial charge >= 0.3 is 0 Å². The summed E-state index contributed by atoms with van der Waals surface area (Å²) < 4.78 is 5.37.